The largest absolute Gasteiger partial charge is 0.306 e. The highest BCUT2D eigenvalue weighted by atomic mass is 79.9. The molecule has 1 N–H and O–H groups in total. The van der Waals surface area contributed by atoms with E-state index in [9.17, 15) is 4.39 Å². The van der Waals surface area contributed by atoms with Crippen LogP contribution in [0, 0.1) is 19.7 Å². The van der Waals surface area contributed by atoms with Crippen molar-refractivity contribution in [2.75, 3.05) is 6.54 Å². The number of hydrogen-bond acceptors (Lipinski definition) is 2. The Balaban J connectivity index is 2.51. The fourth-order valence-corrected chi connectivity index (χ4v) is 3.64. The van der Waals surface area contributed by atoms with Crippen LogP contribution in [0.1, 0.15) is 35.2 Å². The third-order valence-electron chi connectivity index (χ3n) is 3.18. The molecule has 1 aromatic carbocycles. The van der Waals surface area contributed by atoms with Gasteiger partial charge in [-0.05, 0) is 82.2 Å². The average Bonchev–Trinajstić information content (AvgIpc) is 2.73. The Labute approximate surface area is 126 Å². The van der Waals surface area contributed by atoms with Gasteiger partial charge in [0.05, 0.1) is 9.83 Å². The van der Waals surface area contributed by atoms with Crippen LogP contribution in [0.3, 0.4) is 0 Å². The second kappa shape index (κ2) is 6.16. The van der Waals surface area contributed by atoms with Crippen LogP contribution in [-0.2, 0) is 0 Å². The van der Waals surface area contributed by atoms with E-state index in [-0.39, 0.29) is 11.9 Å². The summed E-state index contributed by atoms with van der Waals surface area (Å²) in [5.74, 6) is -0.166. The van der Waals surface area contributed by atoms with Crippen molar-refractivity contribution < 1.29 is 4.39 Å². The molecule has 2 rings (SSSR count). The molecule has 0 aliphatic carbocycles. The molecule has 0 fully saturated rings. The van der Waals surface area contributed by atoms with Gasteiger partial charge in [0.15, 0.2) is 0 Å². The van der Waals surface area contributed by atoms with Crippen molar-refractivity contribution in [3.63, 3.8) is 0 Å². The highest BCUT2D eigenvalue weighted by molar-refractivity contribution is 9.11. The van der Waals surface area contributed by atoms with Crippen LogP contribution in [0.15, 0.2) is 27.4 Å². The van der Waals surface area contributed by atoms with Crippen LogP contribution in [-0.4, -0.2) is 6.54 Å². The van der Waals surface area contributed by atoms with Crippen molar-refractivity contribution in [2.45, 2.75) is 26.8 Å². The molecule has 0 saturated heterocycles. The molecule has 102 valence electrons. The van der Waals surface area contributed by atoms with Gasteiger partial charge in [0, 0.05) is 0 Å². The highest BCUT2D eigenvalue weighted by Crippen LogP contribution is 2.32. The van der Waals surface area contributed by atoms with Crippen LogP contribution in [0.2, 0.25) is 0 Å². The lowest BCUT2D eigenvalue weighted by Crippen LogP contribution is -2.23. The molecule has 4 heteroatoms. The lowest BCUT2D eigenvalue weighted by atomic mass is 9.92. The smallest absolute Gasteiger partial charge is 0.123 e. The van der Waals surface area contributed by atoms with Crippen LogP contribution in [0.25, 0.3) is 0 Å². The molecule has 0 aliphatic heterocycles. The first-order valence-electron chi connectivity index (χ1n) is 6.27. The maximum absolute atomic E-state index is 13.4. The van der Waals surface area contributed by atoms with E-state index in [1.165, 1.54) is 11.1 Å². The monoisotopic (exact) mass is 341 g/mol. The summed E-state index contributed by atoms with van der Waals surface area (Å²) in [6, 6.07) is 5.45. The minimum atomic E-state index is -0.166. The second-order valence-electron chi connectivity index (χ2n) is 4.63. The van der Waals surface area contributed by atoms with Gasteiger partial charge in [-0.3, -0.25) is 0 Å². The van der Waals surface area contributed by atoms with Gasteiger partial charge in [-0.15, -0.1) is 11.3 Å². The van der Waals surface area contributed by atoms with Gasteiger partial charge in [0.25, 0.3) is 0 Å². The lowest BCUT2D eigenvalue weighted by Gasteiger charge is -2.22. The van der Waals surface area contributed by atoms with Gasteiger partial charge in [-0.1, -0.05) is 6.92 Å². The standard InChI is InChI=1S/C15H17BrFNS/c1-4-18-15(11-7-13(16)19-8-11)14-9(2)5-12(17)6-10(14)3/h5-8,15,18H,4H2,1-3H3. The molecule has 0 aliphatic rings. The Hall–Kier alpha value is -0.710. The molecule has 0 amide bonds. The summed E-state index contributed by atoms with van der Waals surface area (Å²) < 4.78 is 14.6. The summed E-state index contributed by atoms with van der Waals surface area (Å²) in [5.41, 5.74) is 4.38. The number of hydrogen-bond donors (Lipinski definition) is 1. The molecular formula is C15H17BrFNS. The molecular weight excluding hydrogens is 325 g/mol. The fourth-order valence-electron chi connectivity index (χ4n) is 2.44. The Kier molecular flexibility index (Phi) is 4.76. The molecule has 0 bridgehead atoms. The van der Waals surface area contributed by atoms with Crippen molar-refractivity contribution in [1.82, 2.24) is 5.32 Å². The molecule has 0 radical (unpaired) electrons. The maximum Gasteiger partial charge on any atom is 0.123 e. The Morgan fingerprint density at radius 3 is 2.37 bits per heavy atom. The van der Waals surface area contributed by atoms with Crippen LogP contribution in [0.4, 0.5) is 4.39 Å². The predicted octanol–water partition coefficient (Wildman–Crippen LogP) is 4.97. The molecule has 1 aromatic heterocycles. The van der Waals surface area contributed by atoms with E-state index in [0.29, 0.717) is 0 Å². The van der Waals surface area contributed by atoms with Crippen molar-refractivity contribution >= 4 is 27.3 Å². The summed E-state index contributed by atoms with van der Waals surface area (Å²) in [7, 11) is 0. The van der Waals surface area contributed by atoms with Gasteiger partial charge in [-0.25, -0.2) is 4.39 Å². The summed E-state index contributed by atoms with van der Waals surface area (Å²) in [5, 5.41) is 5.63. The van der Waals surface area contributed by atoms with Crippen molar-refractivity contribution in [3.05, 3.63) is 55.4 Å². The van der Waals surface area contributed by atoms with Crippen LogP contribution < -0.4 is 5.32 Å². The summed E-state index contributed by atoms with van der Waals surface area (Å²) in [6.45, 7) is 6.89. The van der Waals surface area contributed by atoms with E-state index in [0.717, 1.165) is 21.5 Å². The zero-order valence-electron chi connectivity index (χ0n) is 11.3. The molecule has 1 heterocycles. The topological polar surface area (TPSA) is 12.0 Å². The van der Waals surface area contributed by atoms with Gasteiger partial charge in [-0.2, -0.15) is 0 Å². The molecule has 19 heavy (non-hydrogen) atoms. The zero-order chi connectivity index (χ0) is 14.0. The third-order valence-corrected chi connectivity index (χ3v) is 4.70. The molecule has 0 saturated carbocycles. The number of thiophene rings is 1. The van der Waals surface area contributed by atoms with Crippen molar-refractivity contribution in [2.24, 2.45) is 0 Å². The Bertz CT molecular complexity index is 556. The first kappa shape index (κ1) is 14.7. The van der Waals surface area contributed by atoms with Gasteiger partial charge in [0.1, 0.15) is 5.82 Å². The summed E-state index contributed by atoms with van der Waals surface area (Å²) in [4.78, 5) is 0. The van der Waals surface area contributed by atoms with Crippen LogP contribution >= 0.6 is 27.3 Å². The van der Waals surface area contributed by atoms with Gasteiger partial charge >= 0.3 is 0 Å². The first-order chi connectivity index (χ1) is 9.02. The van der Waals surface area contributed by atoms with E-state index >= 15 is 0 Å². The number of nitrogens with one attached hydrogen (secondary N) is 1. The van der Waals surface area contributed by atoms with Crippen LogP contribution in [0.5, 0.6) is 0 Å². The SMILES string of the molecule is CCNC(c1csc(Br)c1)c1c(C)cc(F)cc1C. The first-order valence-corrected chi connectivity index (χ1v) is 7.94. The predicted molar refractivity (Wildman–Crippen MR) is 83.4 cm³/mol. The van der Waals surface area contributed by atoms with Gasteiger partial charge in [0.2, 0.25) is 0 Å². The van der Waals surface area contributed by atoms with E-state index in [1.54, 1.807) is 23.5 Å². The van der Waals surface area contributed by atoms with E-state index in [1.807, 2.05) is 13.8 Å². The third kappa shape index (κ3) is 3.25. The number of benzene rings is 1. The zero-order valence-corrected chi connectivity index (χ0v) is 13.7. The van der Waals surface area contributed by atoms with Crippen molar-refractivity contribution in [1.29, 1.82) is 0 Å². The van der Waals surface area contributed by atoms with E-state index in [4.69, 9.17) is 0 Å². The second-order valence-corrected chi connectivity index (χ2v) is 6.92. The fraction of sp³-hybridized carbons (Fsp3) is 0.333. The normalized spacial score (nSPS) is 12.7. The van der Waals surface area contributed by atoms with E-state index < -0.39 is 0 Å². The van der Waals surface area contributed by atoms with Crippen molar-refractivity contribution in [3.8, 4) is 0 Å². The molecule has 1 atom stereocenters. The Morgan fingerprint density at radius 2 is 1.89 bits per heavy atom. The summed E-state index contributed by atoms with van der Waals surface area (Å²) in [6.07, 6.45) is 0. The molecule has 0 spiro atoms. The maximum atomic E-state index is 13.4. The highest BCUT2D eigenvalue weighted by Gasteiger charge is 2.19. The lowest BCUT2D eigenvalue weighted by molar-refractivity contribution is 0.607. The minimum Gasteiger partial charge on any atom is -0.306 e. The number of aryl methyl sites for hydroxylation is 2. The molecule has 1 nitrogen and oxygen atoms in total. The quantitative estimate of drug-likeness (QED) is 0.828. The molecule has 1 unspecified atom stereocenters. The number of rotatable bonds is 4. The van der Waals surface area contributed by atoms with Gasteiger partial charge < -0.3 is 5.32 Å². The number of halogens is 2. The summed E-state index contributed by atoms with van der Waals surface area (Å²) >= 11 is 5.17. The van der Waals surface area contributed by atoms with E-state index in [2.05, 4.69) is 39.6 Å². The minimum absolute atomic E-state index is 0.119. The average molecular weight is 342 g/mol. The Morgan fingerprint density at radius 1 is 1.26 bits per heavy atom. The molecule has 2 aromatic rings.